The molecule has 0 saturated heterocycles. The van der Waals surface area contributed by atoms with E-state index in [0.717, 1.165) is 12.1 Å². The van der Waals surface area contributed by atoms with E-state index in [2.05, 4.69) is 5.32 Å². The van der Waals surface area contributed by atoms with Crippen molar-refractivity contribution in [1.29, 1.82) is 0 Å². The minimum atomic E-state index is -4.02. The molecule has 33 heavy (non-hydrogen) atoms. The molecule has 0 radical (unpaired) electrons. The number of nitrogens with one attached hydrogen (secondary N) is 1. The van der Waals surface area contributed by atoms with Crippen molar-refractivity contribution in [2.24, 2.45) is 0 Å². The van der Waals surface area contributed by atoms with E-state index in [4.69, 9.17) is 23.2 Å². The van der Waals surface area contributed by atoms with Crippen LogP contribution in [0.2, 0.25) is 10.0 Å². The number of carbonyl (C=O) groups excluding carboxylic acids is 1. The third-order valence-corrected chi connectivity index (χ3v) is 7.26. The normalized spacial score (nSPS) is 11.6. The van der Waals surface area contributed by atoms with Crippen molar-refractivity contribution in [2.75, 3.05) is 5.32 Å². The van der Waals surface area contributed by atoms with Crippen LogP contribution >= 0.6 is 23.2 Å². The average Bonchev–Trinajstić information content (AvgIpc) is 3.12. The Hall–Kier alpha value is -2.94. The summed E-state index contributed by atoms with van der Waals surface area (Å²) in [5, 5.41) is 3.01. The SMILES string of the molecule is O=C(Cn1cc(S(=O)(=O)Cc2c(F)cccc2Cl)c2ccccc21)Nc1ccc(Cl)cc1F. The number of sulfone groups is 1. The van der Waals surface area contributed by atoms with Crippen molar-refractivity contribution in [2.45, 2.75) is 17.2 Å². The lowest BCUT2D eigenvalue weighted by Crippen LogP contribution is -2.19. The first-order valence-corrected chi connectivity index (χ1v) is 12.0. The lowest BCUT2D eigenvalue weighted by atomic mass is 10.2. The van der Waals surface area contributed by atoms with E-state index >= 15 is 0 Å². The summed E-state index contributed by atoms with van der Waals surface area (Å²) in [7, 11) is -4.02. The predicted molar refractivity (Wildman–Crippen MR) is 124 cm³/mol. The van der Waals surface area contributed by atoms with Gasteiger partial charge in [0.15, 0.2) is 9.84 Å². The van der Waals surface area contributed by atoms with E-state index in [-0.39, 0.29) is 32.7 Å². The molecule has 0 aliphatic rings. The van der Waals surface area contributed by atoms with Crippen molar-refractivity contribution < 1.29 is 22.0 Å². The van der Waals surface area contributed by atoms with Gasteiger partial charge >= 0.3 is 0 Å². The zero-order valence-corrected chi connectivity index (χ0v) is 19.2. The van der Waals surface area contributed by atoms with Gasteiger partial charge in [-0.2, -0.15) is 0 Å². The number of benzene rings is 3. The second kappa shape index (κ2) is 9.13. The predicted octanol–water partition coefficient (Wildman–Crippen LogP) is 5.84. The van der Waals surface area contributed by atoms with Crippen molar-refractivity contribution >= 4 is 55.5 Å². The number of aromatic nitrogens is 1. The molecule has 1 amide bonds. The molecule has 5 nitrogen and oxygen atoms in total. The summed E-state index contributed by atoms with van der Waals surface area (Å²) < 4.78 is 56.0. The van der Waals surface area contributed by atoms with Gasteiger partial charge in [-0.05, 0) is 36.4 Å². The van der Waals surface area contributed by atoms with Gasteiger partial charge in [0, 0.05) is 32.7 Å². The highest BCUT2D eigenvalue weighted by molar-refractivity contribution is 7.90. The molecule has 1 aromatic heterocycles. The molecule has 0 saturated carbocycles. The van der Waals surface area contributed by atoms with Crippen LogP contribution in [-0.2, 0) is 26.9 Å². The summed E-state index contributed by atoms with van der Waals surface area (Å²) in [6, 6.07) is 14.4. The first-order chi connectivity index (χ1) is 15.7. The third-order valence-electron chi connectivity index (χ3n) is 5.00. The molecule has 0 spiro atoms. The highest BCUT2D eigenvalue weighted by Crippen LogP contribution is 2.30. The number of rotatable bonds is 6. The molecule has 0 bridgehead atoms. The van der Waals surface area contributed by atoms with Crippen molar-refractivity contribution in [3.8, 4) is 0 Å². The number of anilines is 1. The Balaban J connectivity index is 1.67. The Labute approximate surface area is 198 Å². The summed E-state index contributed by atoms with van der Waals surface area (Å²) in [5.74, 6) is -2.63. The highest BCUT2D eigenvalue weighted by atomic mass is 35.5. The number of para-hydroxylation sites is 1. The molecule has 170 valence electrons. The maximum Gasteiger partial charge on any atom is 0.244 e. The van der Waals surface area contributed by atoms with E-state index in [1.807, 2.05) is 0 Å². The largest absolute Gasteiger partial charge is 0.337 e. The number of hydrogen-bond acceptors (Lipinski definition) is 3. The van der Waals surface area contributed by atoms with Crippen LogP contribution in [0, 0.1) is 11.6 Å². The number of nitrogens with zero attached hydrogens (tertiary/aromatic N) is 1. The first kappa shape index (κ1) is 23.2. The summed E-state index contributed by atoms with van der Waals surface area (Å²) in [6.45, 7) is -0.279. The maximum atomic E-state index is 14.2. The Morgan fingerprint density at radius 2 is 1.73 bits per heavy atom. The monoisotopic (exact) mass is 508 g/mol. The van der Waals surface area contributed by atoms with Crippen LogP contribution in [-0.4, -0.2) is 18.9 Å². The smallest absolute Gasteiger partial charge is 0.244 e. The van der Waals surface area contributed by atoms with Gasteiger partial charge in [-0.3, -0.25) is 4.79 Å². The first-order valence-electron chi connectivity index (χ1n) is 9.64. The van der Waals surface area contributed by atoms with Gasteiger partial charge in [0.05, 0.1) is 16.3 Å². The van der Waals surface area contributed by atoms with Crippen molar-refractivity contribution in [1.82, 2.24) is 4.57 Å². The van der Waals surface area contributed by atoms with Gasteiger partial charge in [0.1, 0.15) is 18.2 Å². The van der Waals surface area contributed by atoms with Gasteiger partial charge < -0.3 is 9.88 Å². The van der Waals surface area contributed by atoms with Gasteiger partial charge in [-0.25, -0.2) is 17.2 Å². The molecular formula is C23H16Cl2F2N2O3S. The average molecular weight is 509 g/mol. The van der Waals surface area contributed by atoms with Crippen LogP contribution in [0.1, 0.15) is 5.56 Å². The molecule has 10 heteroatoms. The van der Waals surface area contributed by atoms with Gasteiger partial charge in [-0.1, -0.05) is 47.5 Å². The zero-order valence-electron chi connectivity index (χ0n) is 16.9. The molecule has 0 fully saturated rings. The van der Waals surface area contributed by atoms with Crippen LogP contribution in [0.4, 0.5) is 14.5 Å². The lowest BCUT2D eigenvalue weighted by molar-refractivity contribution is -0.116. The van der Waals surface area contributed by atoms with E-state index in [1.54, 1.807) is 24.3 Å². The minimum absolute atomic E-state index is 0.00619. The fraction of sp³-hybridized carbons (Fsp3) is 0.0870. The molecule has 4 aromatic rings. The second-order valence-corrected chi connectivity index (χ2v) is 10.1. The zero-order chi connectivity index (χ0) is 23.8. The van der Waals surface area contributed by atoms with Crippen LogP contribution in [0.3, 0.4) is 0 Å². The third kappa shape index (κ3) is 4.88. The van der Waals surface area contributed by atoms with Crippen molar-refractivity contribution in [3.63, 3.8) is 0 Å². The molecule has 3 aromatic carbocycles. The number of carbonyl (C=O) groups is 1. The number of fused-ring (bicyclic) bond motifs is 1. The summed E-state index contributed by atoms with van der Waals surface area (Å²) in [4.78, 5) is 12.5. The molecule has 4 rings (SSSR count). The quantitative estimate of drug-likeness (QED) is 0.355. The molecule has 0 unspecified atom stereocenters. The lowest BCUT2D eigenvalue weighted by Gasteiger charge is -2.08. The second-order valence-electron chi connectivity index (χ2n) is 7.27. The Morgan fingerprint density at radius 3 is 2.45 bits per heavy atom. The summed E-state index contributed by atoms with van der Waals surface area (Å²) in [5.41, 5.74) is 0.289. The molecule has 0 aliphatic carbocycles. The van der Waals surface area contributed by atoms with Crippen LogP contribution in [0.5, 0.6) is 0 Å². The number of amides is 1. The molecule has 1 heterocycles. The van der Waals surface area contributed by atoms with Gasteiger partial charge in [0.2, 0.25) is 5.91 Å². The Kier molecular flexibility index (Phi) is 6.43. The maximum absolute atomic E-state index is 14.2. The van der Waals surface area contributed by atoms with E-state index in [1.165, 1.54) is 35.0 Å². The number of halogens is 4. The fourth-order valence-corrected chi connectivity index (χ4v) is 5.56. The molecule has 0 atom stereocenters. The standard InChI is InChI=1S/C23H16Cl2F2N2O3S/c24-14-8-9-20(19(27)10-14)28-23(30)12-29-11-22(15-4-1-2-7-21(15)29)33(31,32)13-16-17(25)5-3-6-18(16)26/h1-11H,12-13H2,(H,28,30). The van der Waals surface area contributed by atoms with E-state index < -0.39 is 33.1 Å². The van der Waals surface area contributed by atoms with Crippen LogP contribution < -0.4 is 5.32 Å². The minimum Gasteiger partial charge on any atom is -0.337 e. The molecular weight excluding hydrogens is 493 g/mol. The van der Waals surface area contributed by atoms with Gasteiger partial charge in [-0.15, -0.1) is 0 Å². The van der Waals surface area contributed by atoms with Crippen molar-refractivity contribution in [3.05, 3.63) is 94.1 Å². The Morgan fingerprint density at radius 1 is 0.970 bits per heavy atom. The molecule has 0 aliphatic heterocycles. The Bertz CT molecular complexity index is 1470. The topological polar surface area (TPSA) is 68.2 Å². The molecule has 1 N–H and O–H groups in total. The van der Waals surface area contributed by atoms with Crippen LogP contribution in [0.15, 0.2) is 71.8 Å². The fourth-order valence-electron chi connectivity index (χ4n) is 3.47. The van der Waals surface area contributed by atoms with E-state index in [0.29, 0.717) is 10.9 Å². The summed E-state index contributed by atoms with van der Waals surface area (Å²) in [6.07, 6.45) is 1.31. The van der Waals surface area contributed by atoms with Gasteiger partial charge in [0.25, 0.3) is 0 Å². The van der Waals surface area contributed by atoms with Crippen LogP contribution in [0.25, 0.3) is 10.9 Å². The highest BCUT2D eigenvalue weighted by Gasteiger charge is 2.25. The van der Waals surface area contributed by atoms with E-state index in [9.17, 15) is 22.0 Å². The summed E-state index contributed by atoms with van der Waals surface area (Å²) >= 11 is 11.7. The number of hydrogen-bond donors (Lipinski definition) is 1.